The van der Waals surface area contributed by atoms with Crippen LogP contribution in [-0.4, -0.2) is 34.5 Å². The van der Waals surface area contributed by atoms with Gasteiger partial charge in [-0.15, -0.1) is 0 Å². The van der Waals surface area contributed by atoms with Crippen molar-refractivity contribution in [3.05, 3.63) is 0 Å². The highest BCUT2D eigenvalue weighted by molar-refractivity contribution is 9.10. The number of halogens is 1. The SMILES string of the molecule is CCN(CC)C(=O)C1CC(C)CC(Br)C1=O. The number of amides is 1. The lowest BCUT2D eigenvalue weighted by Gasteiger charge is -2.31. The van der Waals surface area contributed by atoms with Gasteiger partial charge in [0.05, 0.1) is 10.7 Å². The van der Waals surface area contributed by atoms with Crippen LogP contribution in [0.15, 0.2) is 0 Å². The van der Waals surface area contributed by atoms with Crippen LogP contribution in [0.1, 0.15) is 33.6 Å². The van der Waals surface area contributed by atoms with E-state index in [4.69, 9.17) is 0 Å². The monoisotopic (exact) mass is 289 g/mol. The second kappa shape index (κ2) is 5.80. The van der Waals surface area contributed by atoms with Crippen LogP contribution in [0.5, 0.6) is 0 Å². The Morgan fingerprint density at radius 3 is 2.44 bits per heavy atom. The topological polar surface area (TPSA) is 37.4 Å². The van der Waals surface area contributed by atoms with Crippen LogP contribution in [0.25, 0.3) is 0 Å². The summed E-state index contributed by atoms with van der Waals surface area (Å²) < 4.78 is 0. The maximum absolute atomic E-state index is 12.1. The molecule has 0 aromatic rings. The average molecular weight is 290 g/mol. The third-order valence-electron chi connectivity index (χ3n) is 3.27. The van der Waals surface area contributed by atoms with E-state index in [0.717, 1.165) is 6.42 Å². The Balaban J connectivity index is 2.77. The molecule has 0 bridgehead atoms. The largest absolute Gasteiger partial charge is 0.343 e. The molecule has 92 valence electrons. The number of hydrogen-bond donors (Lipinski definition) is 0. The highest BCUT2D eigenvalue weighted by Crippen LogP contribution is 2.31. The standard InChI is InChI=1S/C12H20BrNO2/c1-4-14(5-2)12(16)9-6-8(3)7-10(13)11(9)15/h8-10H,4-7H2,1-3H3. The summed E-state index contributed by atoms with van der Waals surface area (Å²) in [5, 5.41) is 0. The third-order valence-corrected chi connectivity index (χ3v) is 4.10. The lowest BCUT2D eigenvalue weighted by Crippen LogP contribution is -2.44. The van der Waals surface area contributed by atoms with Gasteiger partial charge in [0, 0.05) is 13.1 Å². The van der Waals surface area contributed by atoms with Gasteiger partial charge in [0.15, 0.2) is 5.78 Å². The van der Waals surface area contributed by atoms with E-state index in [9.17, 15) is 9.59 Å². The Hall–Kier alpha value is -0.380. The summed E-state index contributed by atoms with van der Waals surface area (Å²) in [6.07, 6.45) is 1.55. The van der Waals surface area contributed by atoms with Gasteiger partial charge in [-0.25, -0.2) is 0 Å². The van der Waals surface area contributed by atoms with Crippen molar-refractivity contribution in [1.82, 2.24) is 4.90 Å². The number of carbonyl (C=O) groups is 2. The van der Waals surface area contributed by atoms with Crippen LogP contribution < -0.4 is 0 Å². The number of alkyl halides is 1. The molecule has 0 spiro atoms. The summed E-state index contributed by atoms with van der Waals surface area (Å²) in [4.78, 5) is 25.7. The zero-order valence-electron chi connectivity index (χ0n) is 10.2. The first kappa shape index (κ1) is 13.7. The van der Waals surface area contributed by atoms with Crippen LogP contribution >= 0.6 is 15.9 Å². The van der Waals surface area contributed by atoms with Crippen molar-refractivity contribution in [2.75, 3.05) is 13.1 Å². The van der Waals surface area contributed by atoms with Crippen molar-refractivity contribution >= 4 is 27.6 Å². The first-order chi connectivity index (χ1) is 7.51. The molecule has 0 aromatic heterocycles. The van der Waals surface area contributed by atoms with Gasteiger partial charge in [-0.05, 0) is 32.6 Å². The molecule has 4 heteroatoms. The summed E-state index contributed by atoms with van der Waals surface area (Å²) in [7, 11) is 0. The zero-order chi connectivity index (χ0) is 12.3. The maximum atomic E-state index is 12.1. The van der Waals surface area contributed by atoms with Crippen LogP contribution in [0, 0.1) is 11.8 Å². The molecule has 1 amide bonds. The molecule has 3 nitrogen and oxygen atoms in total. The highest BCUT2D eigenvalue weighted by Gasteiger charge is 2.38. The summed E-state index contributed by atoms with van der Waals surface area (Å²) in [5.41, 5.74) is 0. The molecule has 3 unspecified atom stereocenters. The van der Waals surface area contributed by atoms with Crippen molar-refractivity contribution in [3.8, 4) is 0 Å². The third kappa shape index (κ3) is 2.84. The Kier molecular flexibility index (Phi) is 4.96. The lowest BCUT2D eigenvalue weighted by atomic mass is 9.80. The van der Waals surface area contributed by atoms with Gasteiger partial charge in [-0.1, -0.05) is 22.9 Å². The molecule has 0 saturated heterocycles. The molecule has 0 radical (unpaired) electrons. The molecule has 1 fully saturated rings. The predicted molar refractivity (Wildman–Crippen MR) is 67.5 cm³/mol. The minimum atomic E-state index is -0.423. The van der Waals surface area contributed by atoms with Crippen LogP contribution in [-0.2, 0) is 9.59 Å². The summed E-state index contributed by atoms with van der Waals surface area (Å²) >= 11 is 3.38. The van der Waals surface area contributed by atoms with Gasteiger partial charge < -0.3 is 4.90 Å². The van der Waals surface area contributed by atoms with Gasteiger partial charge in [-0.2, -0.15) is 0 Å². The first-order valence-electron chi connectivity index (χ1n) is 5.97. The Labute approximate surface area is 106 Å². The molecule has 0 N–H and O–H groups in total. The number of nitrogens with zero attached hydrogens (tertiary/aromatic N) is 1. The average Bonchev–Trinajstić information content (AvgIpc) is 2.24. The fourth-order valence-corrected chi connectivity index (χ4v) is 3.24. The van der Waals surface area contributed by atoms with Gasteiger partial charge in [-0.3, -0.25) is 9.59 Å². The number of Topliss-reactive ketones (excluding diaryl/α,β-unsaturated/α-hetero) is 1. The predicted octanol–water partition coefficient (Wildman–Crippen LogP) is 2.23. The van der Waals surface area contributed by atoms with E-state index >= 15 is 0 Å². The van der Waals surface area contributed by atoms with E-state index in [1.165, 1.54) is 0 Å². The molecule has 1 aliphatic carbocycles. The number of hydrogen-bond acceptors (Lipinski definition) is 2. The Morgan fingerprint density at radius 1 is 1.38 bits per heavy atom. The van der Waals surface area contributed by atoms with E-state index in [1.54, 1.807) is 4.90 Å². The molecule has 3 atom stereocenters. The van der Waals surface area contributed by atoms with Crippen molar-refractivity contribution in [1.29, 1.82) is 0 Å². The van der Waals surface area contributed by atoms with Crippen LogP contribution in [0.2, 0.25) is 0 Å². The molecule has 0 aliphatic heterocycles. The second-order valence-corrected chi connectivity index (χ2v) is 5.61. The van der Waals surface area contributed by atoms with E-state index in [-0.39, 0.29) is 16.5 Å². The second-order valence-electron chi connectivity index (χ2n) is 4.51. The molecule has 1 aliphatic rings. The van der Waals surface area contributed by atoms with Crippen LogP contribution in [0.3, 0.4) is 0 Å². The number of rotatable bonds is 3. The fraction of sp³-hybridized carbons (Fsp3) is 0.833. The first-order valence-corrected chi connectivity index (χ1v) is 6.89. The zero-order valence-corrected chi connectivity index (χ0v) is 11.8. The molecule has 1 saturated carbocycles. The van der Waals surface area contributed by atoms with Crippen molar-refractivity contribution in [3.63, 3.8) is 0 Å². The van der Waals surface area contributed by atoms with E-state index in [1.807, 2.05) is 13.8 Å². The minimum Gasteiger partial charge on any atom is -0.343 e. The lowest BCUT2D eigenvalue weighted by molar-refractivity contribution is -0.142. The van der Waals surface area contributed by atoms with Crippen molar-refractivity contribution in [2.45, 2.75) is 38.4 Å². The molecule has 16 heavy (non-hydrogen) atoms. The minimum absolute atomic E-state index is 0.00556. The van der Waals surface area contributed by atoms with E-state index < -0.39 is 5.92 Å². The van der Waals surface area contributed by atoms with E-state index in [2.05, 4.69) is 22.9 Å². The van der Waals surface area contributed by atoms with Crippen LogP contribution in [0.4, 0.5) is 0 Å². The number of ketones is 1. The van der Waals surface area contributed by atoms with Crippen molar-refractivity contribution < 1.29 is 9.59 Å². The summed E-state index contributed by atoms with van der Waals surface area (Å²) in [5.74, 6) is 0.0839. The fourth-order valence-electron chi connectivity index (χ4n) is 2.28. The molecule has 1 rings (SSSR count). The summed E-state index contributed by atoms with van der Waals surface area (Å²) in [6, 6.07) is 0. The molecule has 0 aromatic carbocycles. The van der Waals surface area contributed by atoms with Gasteiger partial charge in [0.1, 0.15) is 0 Å². The Bertz CT molecular complexity index is 276. The summed E-state index contributed by atoms with van der Waals surface area (Å²) in [6.45, 7) is 7.36. The normalized spacial score (nSPS) is 30.2. The molecular formula is C12H20BrNO2. The molecular weight excluding hydrogens is 270 g/mol. The quantitative estimate of drug-likeness (QED) is 0.590. The van der Waals surface area contributed by atoms with Gasteiger partial charge >= 0.3 is 0 Å². The highest BCUT2D eigenvalue weighted by atomic mass is 79.9. The Morgan fingerprint density at radius 2 is 1.94 bits per heavy atom. The van der Waals surface area contributed by atoms with Crippen molar-refractivity contribution in [2.24, 2.45) is 11.8 Å². The maximum Gasteiger partial charge on any atom is 0.233 e. The number of carbonyl (C=O) groups excluding carboxylic acids is 2. The van der Waals surface area contributed by atoms with Gasteiger partial charge in [0.25, 0.3) is 0 Å². The smallest absolute Gasteiger partial charge is 0.233 e. The van der Waals surface area contributed by atoms with Gasteiger partial charge in [0.2, 0.25) is 5.91 Å². The molecule has 0 heterocycles. The van der Waals surface area contributed by atoms with E-state index in [0.29, 0.717) is 25.4 Å².